The first-order valence-corrected chi connectivity index (χ1v) is 9.92. The lowest BCUT2D eigenvalue weighted by Gasteiger charge is -2.61. The molecule has 1 aliphatic heterocycles. The maximum Gasteiger partial charge on any atom is 0.137 e. The van der Waals surface area contributed by atoms with Gasteiger partial charge in [-0.2, -0.15) is 0 Å². The molecule has 2 heteroatoms. The third-order valence-corrected chi connectivity index (χ3v) is 7.64. The fourth-order valence-corrected chi connectivity index (χ4v) is 6.70. The molecule has 0 aromatic carbocycles. The monoisotopic (exact) mass is 306 g/mol. The molecule has 0 spiro atoms. The van der Waals surface area contributed by atoms with Crippen LogP contribution < -0.4 is 0 Å². The van der Waals surface area contributed by atoms with Crippen LogP contribution in [-0.2, 0) is 5.54 Å². The van der Waals surface area contributed by atoms with Crippen molar-refractivity contribution in [3.05, 3.63) is 22.4 Å². The zero-order chi connectivity index (χ0) is 14.9. The van der Waals surface area contributed by atoms with Crippen LogP contribution in [0.1, 0.15) is 70.6 Å². The first-order chi connectivity index (χ1) is 10.1. The molecule has 2 aliphatic rings. The normalized spacial score (nSPS) is 33.2. The van der Waals surface area contributed by atoms with Gasteiger partial charge in [-0.3, -0.25) is 0 Å². The van der Waals surface area contributed by atoms with Gasteiger partial charge in [0.15, 0.2) is 0 Å². The average molecular weight is 307 g/mol. The lowest BCUT2D eigenvalue weighted by molar-refractivity contribution is -1.01. The number of rotatable bonds is 3. The number of thiophene rings is 1. The molecule has 1 aromatic rings. The molecule has 118 valence electrons. The first kappa shape index (κ1) is 15.6. The molecule has 2 fully saturated rings. The fraction of sp³-hybridized carbons (Fsp3) is 0.789. The third-order valence-electron chi connectivity index (χ3n) is 6.61. The summed E-state index contributed by atoms with van der Waals surface area (Å²) in [7, 11) is 0. The van der Waals surface area contributed by atoms with Crippen LogP contribution in [0.15, 0.2) is 17.5 Å². The minimum absolute atomic E-state index is 0.404. The smallest absolute Gasteiger partial charge is 0.137 e. The summed E-state index contributed by atoms with van der Waals surface area (Å²) in [4.78, 5) is 1.69. The SMILES string of the molecule is CC(C)[N+]1([C@]2(c3cccs3)CCCC[C@@H]2C)CCCCC1. The van der Waals surface area contributed by atoms with E-state index in [1.165, 1.54) is 62.5 Å². The summed E-state index contributed by atoms with van der Waals surface area (Å²) in [5, 5.41) is 2.30. The Hall–Kier alpha value is -0.340. The maximum absolute atomic E-state index is 2.55. The van der Waals surface area contributed by atoms with Gasteiger partial charge in [-0.15, -0.1) is 11.3 Å². The highest BCUT2D eigenvalue weighted by Gasteiger charge is 2.58. The zero-order valence-corrected chi connectivity index (χ0v) is 14.9. The van der Waals surface area contributed by atoms with Crippen molar-refractivity contribution in [2.75, 3.05) is 13.1 Å². The summed E-state index contributed by atoms with van der Waals surface area (Å²) >= 11 is 2.03. The van der Waals surface area contributed by atoms with Crippen LogP contribution in [-0.4, -0.2) is 23.6 Å². The summed E-state index contributed by atoms with van der Waals surface area (Å²) in [5.41, 5.74) is 0.404. The average Bonchev–Trinajstić information content (AvgIpc) is 3.03. The van der Waals surface area contributed by atoms with Gasteiger partial charge in [0.25, 0.3) is 0 Å². The van der Waals surface area contributed by atoms with E-state index >= 15 is 0 Å². The summed E-state index contributed by atoms with van der Waals surface area (Å²) in [6.07, 6.45) is 10.00. The van der Waals surface area contributed by atoms with E-state index in [4.69, 9.17) is 0 Å². The van der Waals surface area contributed by atoms with Gasteiger partial charge < -0.3 is 4.48 Å². The third kappa shape index (κ3) is 2.30. The second kappa shape index (κ2) is 6.04. The highest BCUT2D eigenvalue weighted by molar-refractivity contribution is 7.10. The molecule has 1 saturated heterocycles. The van der Waals surface area contributed by atoms with Crippen LogP contribution in [0.25, 0.3) is 0 Å². The predicted octanol–water partition coefficient (Wildman–Crippen LogP) is 5.56. The lowest BCUT2D eigenvalue weighted by Crippen LogP contribution is -2.70. The summed E-state index contributed by atoms with van der Waals surface area (Å²) in [6, 6.07) is 5.47. The van der Waals surface area contributed by atoms with E-state index in [0.717, 1.165) is 12.0 Å². The van der Waals surface area contributed by atoms with E-state index < -0.39 is 0 Å². The zero-order valence-electron chi connectivity index (χ0n) is 14.1. The number of likely N-dealkylation sites (tertiary alicyclic amines) is 1. The number of hydrogen-bond acceptors (Lipinski definition) is 1. The molecular formula is C19H32NS+. The number of hydrogen-bond donors (Lipinski definition) is 0. The van der Waals surface area contributed by atoms with Crippen LogP contribution in [0.3, 0.4) is 0 Å². The van der Waals surface area contributed by atoms with Crippen LogP contribution in [0.2, 0.25) is 0 Å². The minimum atomic E-state index is 0.404. The molecule has 1 nitrogen and oxygen atoms in total. The highest BCUT2D eigenvalue weighted by Crippen LogP contribution is 2.54. The van der Waals surface area contributed by atoms with Gasteiger partial charge in [-0.1, -0.05) is 19.4 Å². The van der Waals surface area contributed by atoms with Crippen molar-refractivity contribution in [1.82, 2.24) is 0 Å². The van der Waals surface area contributed by atoms with Gasteiger partial charge in [-0.05, 0) is 57.4 Å². The molecule has 0 bridgehead atoms. The van der Waals surface area contributed by atoms with Crippen molar-refractivity contribution in [3.63, 3.8) is 0 Å². The number of nitrogens with zero attached hydrogens (tertiary/aromatic N) is 1. The topological polar surface area (TPSA) is 0 Å². The van der Waals surface area contributed by atoms with E-state index in [-0.39, 0.29) is 0 Å². The standard InChI is InChI=1S/C19H32NS/c1-16(2)20(13-7-4-8-14-20)19(18-11-9-15-21-18)12-6-5-10-17(19)3/h9,11,15-17H,4-8,10,12-14H2,1-3H3/q+1/t17-,19+/m0/s1. The summed E-state index contributed by atoms with van der Waals surface area (Å²) in [6.45, 7) is 10.3. The molecule has 0 amide bonds. The van der Waals surface area contributed by atoms with Crippen LogP contribution in [0, 0.1) is 5.92 Å². The van der Waals surface area contributed by atoms with Gasteiger partial charge in [0.1, 0.15) is 5.54 Å². The van der Waals surface area contributed by atoms with E-state index in [9.17, 15) is 0 Å². The molecule has 21 heavy (non-hydrogen) atoms. The molecule has 2 atom stereocenters. The second-order valence-corrected chi connectivity index (χ2v) is 8.63. The molecule has 2 heterocycles. The van der Waals surface area contributed by atoms with Gasteiger partial charge in [0.05, 0.1) is 24.0 Å². The Morgan fingerprint density at radius 3 is 2.48 bits per heavy atom. The van der Waals surface area contributed by atoms with Crippen molar-refractivity contribution in [3.8, 4) is 0 Å². The van der Waals surface area contributed by atoms with Crippen molar-refractivity contribution < 1.29 is 4.48 Å². The number of piperidine rings is 1. The van der Waals surface area contributed by atoms with Gasteiger partial charge >= 0.3 is 0 Å². The molecule has 0 unspecified atom stereocenters. The Kier molecular flexibility index (Phi) is 4.47. The Balaban J connectivity index is 2.13. The number of quaternary nitrogens is 1. The van der Waals surface area contributed by atoms with E-state index in [1.54, 1.807) is 4.88 Å². The highest BCUT2D eigenvalue weighted by atomic mass is 32.1. The van der Waals surface area contributed by atoms with Gasteiger partial charge in [0.2, 0.25) is 0 Å². The van der Waals surface area contributed by atoms with Crippen LogP contribution in [0.4, 0.5) is 0 Å². The molecule has 1 aliphatic carbocycles. The molecule has 0 N–H and O–H groups in total. The molecule has 3 rings (SSSR count). The van der Waals surface area contributed by atoms with Gasteiger partial charge in [-0.25, -0.2) is 0 Å². The van der Waals surface area contributed by atoms with E-state index in [0.29, 0.717) is 5.54 Å². The van der Waals surface area contributed by atoms with Crippen LogP contribution >= 0.6 is 11.3 Å². The quantitative estimate of drug-likeness (QED) is 0.641. The summed E-state index contributed by atoms with van der Waals surface area (Å²) in [5.74, 6) is 0.824. The Labute approximate surface area is 135 Å². The minimum Gasteiger partial charge on any atom is -0.312 e. The van der Waals surface area contributed by atoms with Crippen molar-refractivity contribution in [1.29, 1.82) is 0 Å². The predicted molar refractivity (Wildman–Crippen MR) is 92.6 cm³/mol. The second-order valence-electron chi connectivity index (χ2n) is 7.68. The Morgan fingerprint density at radius 1 is 1.14 bits per heavy atom. The van der Waals surface area contributed by atoms with Crippen LogP contribution in [0.5, 0.6) is 0 Å². The Morgan fingerprint density at radius 2 is 1.90 bits per heavy atom. The lowest BCUT2D eigenvalue weighted by atomic mass is 9.68. The van der Waals surface area contributed by atoms with Crippen molar-refractivity contribution >= 4 is 11.3 Å². The Bertz CT molecular complexity index is 444. The maximum atomic E-state index is 2.55. The first-order valence-electron chi connectivity index (χ1n) is 9.04. The molecule has 1 aromatic heterocycles. The van der Waals surface area contributed by atoms with Crippen molar-refractivity contribution in [2.45, 2.75) is 77.3 Å². The van der Waals surface area contributed by atoms with E-state index in [1.807, 2.05) is 11.3 Å². The largest absolute Gasteiger partial charge is 0.312 e. The molecule has 1 saturated carbocycles. The fourth-order valence-electron chi connectivity index (χ4n) is 5.55. The molecular weight excluding hydrogens is 274 g/mol. The van der Waals surface area contributed by atoms with Crippen molar-refractivity contribution in [2.24, 2.45) is 5.92 Å². The van der Waals surface area contributed by atoms with Gasteiger partial charge in [0, 0.05) is 12.3 Å². The molecule has 0 radical (unpaired) electrons. The summed E-state index contributed by atoms with van der Waals surface area (Å²) < 4.78 is 1.37. The van der Waals surface area contributed by atoms with E-state index in [2.05, 4.69) is 38.3 Å².